The summed E-state index contributed by atoms with van der Waals surface area (Å²) in [6.45, 7) is 6.67. The quantitative estimate of drug-likeness (QED) is 0.517. The molecule has 0 saturated heterocycles. The Hall–Kier alpha value is -2.95. The van der Waals surface area contributed by atoms with E-state index in [1.165, 1.54) is 14.0 Å². The van der Waals surface area contributed by atoms with E-state index in [4.69, 9.17) is 9.47 Å². The van der Waals surface area contributed by atoms with Crippen LogP contribution < -0.4 is 0 Å². The molecule has 2 aromatic carbocycles. The molecule has 1 unspecified atom stereocenters. The highest BCUT2D eigenvalue weighted by atomic mass is 16.6. The summed E-state index contributed by atoms with van der Waals surface area (Å²) >= 11 is 0. The van der Waals surface area contributed by atoms with Crippen molar-refractivity contribution in [3.63, 3.8) is 0 Å². The Morgan fingerprint density at radius 3 is 1.93 bits per heavy atom. The third-order valence-corrected chi connectivity index (χ3v) is 4.52. The number of carbonyl (C=O) groups excluding carboxylic acids is 3. The van der Waals surface area contributed by atoms with Crippen LogP contribution in [0.1, 0.15) is 33.3 Å². The van der Waals surface area contributed by atoms with Gasteiger partial charge < -0.3 is 9.47 Å². The molecule has 0 saturated carbocycles. The minimum absolute atomic E-state index is 0.0281. The fraction of sp³-hybridized carbons (Fsp3) is 0.375. The van der Waals surface area contributed by atoms with Crippen LogP contribution in [-0.2, 0) is 30.3 Å². The lowest BCUT2D eigenvalue weighted by Crippen LogP contribution is -2.40. The molecule has 5 nitrogen and oxygen atoms in total. The molecule has 154 valence electrons. The van der Waals surface area contributed by atoms with Gasteiger partial charge in [-0.3, -0.25) is 14.4 Å². The molecule has 2 aromatic rings. The molecule has 0 bridgehead atoms. The minimum Gasteiger partial charge on any atom is -0.469 e. The van der Waals surface area contributed by atoms with Crippen molar-refractivity contribution in [2.45, 2.75) is 39.7 Å². The van der Waals surface area contributed by atoms with E-state index in [1.807, 2.05) is 54.6 Å². The summed E-state index contributed by atoms with van der Waals surface area (Å²) in [5.74, 6) is -3.83. The molecule has 0 N–H and O–H groups in total. The lowest BCUT2D eigenvalue weighted by Gasteiger charge is -2.25. The van der Waals surface area contributed by atoms with Crippen LogP contribution in [-0.4, -0.2) is 30.4 Å². The highest BCUT2D eigenvalue weighted by molar-refractivity contribution is 6.03. The number of methoxy groups -OCH3 is 1. The average molecular weight is 396 g/mol. The number of rotatable bonds is 7. The molecule has 2 atom stereocenters. The van der Waals surface area contributed by atoms with Crippen molar-refractivity contribution in [1.29, 1.82) is 0 Å². The van der Waals surface area contributed by atoms with Crippen molar-refractivity contribution in [1.82, 2.24) is 0 Å². The molecule has 0 aliphatic heterocycles. The van der Waals surface area contributed by atoms with Gasteiger partial charge >= 0.3 is 11.9 Å². The van der Waals surface area contributed by atoms with Crippen molar-refractivity contribution in [3.05, 3.63) is 60.2 Å². The molecule has 0 aromatic heterocycles. The first kappa shape index (κ1) is 22.3. The Bertz CT molecular complexity index is 847. The van der Waals surface area contributed by atoms with Crippen LogP contribution in [0.15, 0.2) is 54.6 Å². The summed E-state index contributed by atoms with van der Waals surface area (Å²) in [5.41, 5.74) is 2.12. The van der Waals surface area contributed by atoms with Gasteiger partial charge in [0.05, 0.1) is 13.0 Å². The number of esters is 2. The molecule has 2 rings (SSSR count). The van der Waals surface area contributed by atoms with Crippen LogP contribution in [0, 0.1) is 11.8 Å². The third-order valence-electron chi connectivity index (χ3n) is 4.52. The summed E-state index contributed by atoms with van der Waals surface area (Å²) < 4.78 is 10.1. The Balaban J connectivity index is 2.20. The SMILES string of the molecule is COC(=O)[C@H](C)C(C(=O)Cc1ccc(-c2ccccc2)cc1)C(=O)OC(C)(C)C. The predicted octanol–water partition coefficient (Wildman–Crippen LogP) is 4.23. The van der Waals surface area contributed by atoms with Gasteiger partial charge in [0, 0.05) is 6.42 Å². The zero-order valence-electron chi connectivity index (χ0n) is 17.6. The maximum Gasteiger partial charge on any atom is 0.317 e. The van der Waals surface area contributed by atoms with Gasteiger partial charge in [-0.1, -0.05) is 61.5 Å². The number of ketones is 1. The topological polar surface area (TPSA) is 69.7 Å². The Kier molecular flexibility index (Phi) is 7.32. The Morgan fingerprint density at radius 1 is 0.862 bits per heavy atom. The molecule has 29 heavy (non-hydrogen) atoms. The molecular formula is C24H28O5. The summed E-state index contributed by atoms with van der Waals surface area (Å²) in [5, 5.41) is 0. The van der Waals surface area contributed by atoms with Gasteiger partial charge in [0.2, 0.25) is 0 Å². The van der Waals surface area contributed by atoms with Gasteiger partial charge in [-0.25, -0.2) is 0 Å². The average Bonchev–Trinajstić information content (AvgIpc) is 2.67. The zero-order chi connectivity index (χ0) is 21.6. The zero-order valence-corrected chi connectivity index (χ0v) is 17.6. The van der Waals surface area contributed by atoms with Crippen molar-refractivity contribution >= 4 is 17.7 Å². The first-order chi connectivity index (χ1) is 13.6. The second-order valence-electron chi connectivity index (χ2n) is 8.03. The molecular weight excluding hydrogens is 368 g/mol. The van der Waals surface area contributed by atoms with E-state index >= 15 is 0 Å². The number of carbonyl (C=O) groups is 3. The smallest absolute Gasteiger partial charge is 0.317 e. The van der Waals surface area contributed by atoms with E-state index in [2.05, 4.69) is 0 Å². The Morgan fingerprint density at radius 2 is 1.41 bits per heavy atom. The van der Waals surface area contributed by atoms with Gasteiger partial charge in [0.25, 0.3) is 0 Å². The number of Topliss-reactive ketones (excluding diaryl/α,β-unsaturated/α-hetero) is 1. The lowest BCUT2D eigenvalue weighted by atomic mass is 9.86. The molecule has 0 heterocycles. The molecule has 0 aliphatic carbocycles. The second kappa shape index (κ2) is 9.50. The molecule has 5 heteroatoms. The molecule has 0 aliphatic rings. The second-order valence-corrected chi connectivity index (χ2v) is 8.03. The number of hydrogen-bond acceptors (Lipinski definition) is 5. The van der Waals surface area contributed by atoms with Crippen LogP contribution in [0.4, 0.5) is 0 Å². The standard InChI is InChI=1S/C24H28O5/c1-16(22(26)28-5)21(23(27)29-24(2,3)4)20(25)15-17-11-13-19(14-12-17)18-9-7-6-8-10-18/h6-14,16,21H,15H2,1-5H3/t16-,21?/m1/s1. The number of benzene rings is 2. The fourth-order valence-electron chi connectivity index (χ4n) is 3.06. The van der Waals surface area contributed by atoms with Crippen LogP contribution >= 0.6 is 0 Å². The van der Waals surface area contributed by atoms with Gasteiger partial charge in [-0.2, -0.15) is 0 Å². The highest BCUT2D eigenvalue weighted by Gasteiger charge is 2.39. The normalized spacial score (nSPS) is 13.3. The molecule has 0 radical (unpaired) electrons. The van der Waals surface area contributed by atoms with Gasteiger partial charge in [0.1, 0.15) is 11.5 Å². The molecule has 0 fully saturated rings. The summed E-state index contributed by atoms with van der Waals surface area (Å²) in [6, 6.07) is 17.5. The summed E-state index contributed by atoms with van der Waals surface area (Å²) in [4.78, 5) is 37.6. The molecule has 0 amide bonds. The maximum absolute atomic E-state index is 12.9. The summed E-state index contributed by atoms with van der Waals surface area (Å²) in [7, 11) is 1.23. The van der Waals surface area contributed by atoms with E-state index in [-0.39, 0.29) is 12.2 Å². The summed E-state index contributed by atoms with van der Waals surface area (Å²) in [6.07, 6.45) is 0.0281. The van der Waals surface area contributed by atoms with Gasteiger partial charge in [-0.05, 0) is 37.5 Å². The maximum atomic E-state index is 12.9. The molecule has 0 spiro atoms. The van der Waals surface area contributed by atoms with Crippen molar-refractivity contribution in [2.24, 2.45) is 11.8 Å². The monoisotopic (exact) mass is 396 g/mol. The van der Waals surface area contributed by atoms with Crippen molar-refractivity contribution < 1.29 is 23.9 Å². The first-order valence-electron chi connectivity index (χ1n) is 9.60. The largest absolute Gasteiger partial charge is 0.469 e. The van der Waals surface area contributed by atoms with E-state index in [1.54, 1.807) is 20.8 Å². The minimum atomic E-state index is -1.21. The van der Waals surface area contributed by atoms with Crippen LogP contribution in [0.25, 0.3) is 11.1 Å². The van der Waals surface area contributed by atoms with Gasteiger partial charge in [0.15, 0.2) is 5.78 Å². The van der Waals surface area contributed by atoms with Crippen LogP contribution in [0.2, 0.25) is 0 Å². The number of ether oxygens (including phenoxy) is 2. The van der Waals surface area contributed by atoms with Crippen molar-refractivity contribution in [3.8, 4) is 11.1 Å². The van der Waals surface area contributed by atoms with Crippen LogP contribution in [0.5, 0.6) is 0 Å². The number of hydrogen-bond donors (Lipinski definition) is 0. The van der Waals surface area contributed by atoms with E-state index in [0.717, 1.165) is 16.7 Å². The van der Waals surface area contributed by atoms with Crippen molar-refractivity contribution in [2.75, 3.05) is 7.11 Å². The van der Waals surface area contributed by atoms with Gasteiger partial charge in [-0.15, -0.1) is 0 Å². The Labute approximate surface area is 172 Å². The fourth-order valence-corrected chi connectivity index (χ4v) is 3.06. The lowest BCUT2D eigenvalue weighted by molar-refractivity contribution is -0.169. The van der Waals surface area contributed by atoms with Crippen LogP contribution in [0.3, 0.4) is 0 Å². The first-order valence-corrected chi connectivity index (χ1v) is 9.60. The predicted molar refractivity (Wildman–Crippen MR) is 111 cm³/mol. The van der Waals surface area contributed by atoms with E-state index in [9.17, 15) is 14.4 Å². The van der Waals surface area contributed by atoms with E-state index in [0.29, 0.717) is 0 Å². The van der Waals surface area contributed by atoms with E-state index < -0.39 is 29.4 Å². The third kappa shape index (κ3) is 6.28. The highest BCUT2D eigenvalue weighted by Crippen LogP contribution is 2.24.